The van der Waals surface area contributed by atoms with Gasteiger partial charge in [-0.05, 0) is 18.9 Å². The Morgan fingerprint density at radius 1 is 1.45 bits per heavy atom. The van der Waals surface area contributed by atoms with E-state index in [-0.39, 0.29) is 18.3 Å². The number of benzene rings is 1. The molecule has 1 aromatic heterocycles. The SMILES string of the molecule is O=[N+]([O-])c1ccc2nc(N3CCC[C@H]3CO)cnc2c1. The number of nitrogens with zero attached hydrogens (tertiary/aromatic N) is 4. The largest absolute Gasteiger partial charge is 0.394 e. The third-order valence-electron chi connectivity index (χ3n) is 3.61. The molecule has 0 saturated carbocycles. The number of rotatable bonds is 3. The van der Waals surface area contributed by atoms with Gasteiger partial charge in [-0.3, -0.25) is 15.1 Å². The fraction of sp³-hybridized carbons (Fsp3) is 0.385. The van der Waals surface area contributed by atoms with Crippen LogP contribution in [0.2, 0.25) is 0 Å². The highest BCUT2D eigenvalue weighted by atomic mass is 16.6. The highest BCUT2D eigenvalue weighted by Crippen LogP contribution is 2.25. The Morgan fingerprint density at radius 3 is 3.05 bits per heavy atom. The molecule has 1 aromatic carbocycles. The lowest BCUT2D eigenvalue weighted by Crippen LogP contribution is -2.32. The van der Waals surface area contributed by atoms with Crippen molar-refractivity contribution in [2.24, 2.45) is 0 Å². The standard InChI is InChI=1S/C13H14N4O3/c18-8-10-2-1-5-16(10)13-7-14-12-6-9(17(19)20)3-4-11(12)15-13/h3-4,6-7,10,18H,1-2,5,8H2/t10-/m0/s1. The van der Waals surface area contributed by atoms with Gasteiger partial charge in [-0.1, -0.05) is 0 Å². The van der Waals surface area contributed by atoms with E-state index in [0.29, 0.717) is 16.9 Å². The third kappa shape index (κ3) is 2.16. The van der Waals surface area contributed by atoms with Gasteiger partial charge in [0.1, 0.15) is 5.82 Å². The fourth-order valence-corrected chi connectivity index (χ4v) is 2.57. The van der Waals surface area contributed by atoms with E-state index in [4.69, 9.17) is 0 Å². The van der Waals surface area contributed by atoms with E-state index >= 15 is 0 Å². The summed E-state index contributed by atoms with van der Waals surface area (Å²) in [6.07, 6.45) is 3.57. The number of anilines is 1. The van der Waals surface area contributed by atoms with Crippen LogP contribution in [-0.2, 0) is 0 Å². The average molecular weight is 274 g/mol. The number of nitro benzene ring substituents is 1. The minimum atomic E-state index is -0.447. The molecule has 0 unspecified atom stereocenters. The first-order valence-electron chi connectivity index (χ1n) is 6.48. The fourth-order valence-electron chi connectivity index (χ4n) is 2.57. The highest BCUT2D eigenvalue weighted by Gasteiger charge is 2.25. The van der Waals surface area contributed by atoms with Crippen LogP contribution in [-0.4, -0.2) is 39.2 Å². The van der Waals surface area contributed by atoms with Gasteiger partial charge in [0.25, 0.3) is 5.69 Å². The van der Waals surface area contributed by atoms with Crippen LogP contribution >= 0.6 is 0 Å². The van der Waals surface area contributed by atoms with Crippen molar-refractivity contribution < 1.29 is 10.0 Å². The minimum Gasteiger partial charge on any atom is -0.394 e. The van der Waals surface area contributed by atoms with Gasteiger partial charge >= 0.3 is 0 Å². The maximum atomic E-state index is 10.7. The van der Waals surface area contributed by atoms with E-state index in [2.05, 4.69) is 9.97 Å². The molecule has 7 heteroatoms. The van der Waals surface area contributed by atoms with E-state index in [1.54, 1.807) is 12.3 Å². The lowest BCUT2D eigenvalue weighted by atomic mass is 10.2. The van der Waals surface area contributed by atoms with Crippen molar-refractivity contribution >= 4 is 22.5 Å². The first-order valence-corrected chi connectivity index (χ1v) is 6.48. The molecule has 1 aliphatic heterocycles. The quantitative estimate of drug-likeness (QED) is 0.673. The Hall–Kier alpha value is -2.28. The summed E-state index contributed by atoms with van der Waals surface area (Å²) in [6.45, 7) is 0.943. The second kappa shape index (κ2) is 5.01. The zero-order valence-corrected chi connectivity index (χ0v) is 10.8. The molecule has 2 heterocycles. The predicted octanol–water partition coefficient (Wildman–Crippen LogP) is 1.50. The monoisotopic (exact) mass is 274 g/mol. The number of fused-ring (bicyclic) bond motifs is 1. The number of aliphatic hydroxyl groups is 1. The summed E-state index contributed by atoms with van der Waals surface area (Å²) < 4.78 is 0. The predicted molar refractivity (Wildman–Crippen MR) is 73.6 cm³/mol. The van der Waals surface area contributed by atoms with Gasteiger partial charge in [0.05, 0.1) is 34.8 Å². The molecule has 0 amide bonds. The van der Waals surface area contributed by atoms with Crippen LogP contribution in [0.15, 0.2) is 24.4 Å². The number of non-ortho nitro benzene ring substituents is 1. The van der Waals surface area contributed by atoms with Crippen molar-refractivity contribution in [3.8, 4) is 0 Å². The van der Waals surface area contributed by atoms with Crippen molar-refractivity contribution in [2.45, 2.75) is 18.9 Å². The van der Waals surface area contributed by atoms with E-state index in [1.165, 1.54) is 12.1 Å². The average Bonchev–Trinajstić information content (AvgIpc) is 2.94. The van der Waals surface area contributed by atoms with Gasteiger partial charge in [-0.15, -0.1) is 0 Å². The molecule has 7 nitrogen and oxygen atoms in total. The lowest BCUT2D eigenvalue weighted by molar-refractivity contribution is -0.384. The maximum Gasteiger partial charge on any atom is 0.271 e. The van der Waals surface area contributed by atoms with Crippen LogP contribution < -0.4 is 4.90 Å². The molecule has 0 spiro atoms. The molecule has 104 valence electrons. The van der Waals surface area contributed by atoms with Crippen LogP contribution in [0.1, 0.15) is 12.8 Å². The van der Waals surface area contributed by atoms with Crippen LogP contribution in [0.5, 0.6) is 0 Å². The molecule has 2 aromatic rings. The lowest BCUT2D eigenvalue weighted by Gasteiger charge is -2.23. The van der Waals surface area contributed by atoms with Crippen molar-refractivity contribution in [1.29, 1.82) is 0 Å². The summed E-state index contributed by atoms with van der Waals surface area (Å²) in [5, 5.41) is 20.1. The Kier molecular flexibility index (Phi) is 3.19. The molecule has 0 aliphatic carbocycles. The van der Waals surface area contributed by atoms with Crippen LogP contribution in [0, 0.1) is 10.1 Å². The number of aromatic nitrogens is 2. The van der Waals surface area contributed by atoms with Crippen LogP contribution in [0.4, 0.5) is 11.5 Å². The van der Waals surface area contributed by atoms with Gasteiger partial charge in [-0.25, -0.2) is 4.98 Å². The Labute approximate surface area is 115 Å². The van der Waals surface area contributed by atoms with E-state index in [0.717, 1.165) is 19.4 Å². The molecule has 1 atom stereocenters. The number of nitro groups is 1. The third-order valence-corrected chi connectivity index (χ3v) is 3.61. The number of hydrogen-bond donors (Lipinski definition) is 1. The van der Waals surface area contributed by atoms with E-state index in [1.807, 2.05) is 4.90 Å². The maximum absolute atomic E-state index is 10.7. The molecule has 20 heavy (non-hydrogen) atoms. The number of hydrogen-bond acceptors (Lipinski definition) is 6. The van der Waals surface area contributed by atoms with Gasteiger partial charge in [-0.2, -0.15) is 0 Å². The van der Waals surface area contributed by atoms with Gasteiger partial charge in [0.15, 0.2) is 0 Å². The Bertz CT molecular complexity index is 661. The number of aliphatic hydroxyl groups excluding tert-OH is 1. The van der Waals surface area contributed by atoms with Gasteiger partial charge < -0.3 is 10.0 Å². The molecule has 0 radical (unpaired) electrons. The van der Waals surface area contributed by atoms with Gasteiger partial charge in [0.2, 0.25) is 0 Å². The highest BCUT2D eigenvalue weighted by molar-refractivity contribution is 5.78. The molecular weight excluding hydrogens is 260 g/mol. The topological polar surface area (TPSA) is 92.4 Å². The summed E-state index contributed by atoms with van der Waals surface area (Å²) in [5.74, 6) is 0.711. The van der Waals surface area contributed by atoms with Crippen LogP contribution in [0.25, 0.3) is 11.0 Å². The normalized spacial score (nSPS) is 18.6. The summed E-state index contributed by atoms with van der Waals surface area (Å²) in [4.78, 5) is 21.0. The molecule has 1 fully saturated rings. The minimum absolute atomic E-state index is 0.00829. The van der Waals surface area contributed by atoms with E-state index in [9.17, 15) is 15.2 Å². The molecule has 3 rings (SSSR count). The molecule has 0 bridgehead atoms. The summed E-state index contributed by atoms with van der Waals surface area (Å²) >= 11 is 0. The Balaban J connectivity index is 1.99. The zero-order valence-electron chi connectivity index (χ0n) is 10.8. The summed E-state index contributed by atoms with van der Waals surface area (Å²) in [6, 6.07) is 4.53. The van der Waals surface area contributed by atoms with Crippen molar-refractivity contribution in [1.82, 2.24) is 9.97 Å². The van der Waals surface area contributed by atoms with Crippen molar-refractivity contribution in [3.63, 3.8) is 0 Å². The first-order chi connectivity index (χ1) is 9.69. The molecular formula is C13H14N4O3. The molecule has 1 saturated heterocycles. The first kappa shape index (κ1) is 12.7. The van der Waals surface area contributed by atoms with Gasteiger partial charge in [0, 0.05) is 18.7 Å². The van der Waals surface area contributed by atoms with Crippen molar-refractivity contribution in [3.05, 3.63) is 34.5 Å². The van der Waals surface area contributed by atoms with Crippen LogP contribution in [0.3, 0.4) is 0 Å². The smallest absolute Gasteiger partial charge is 0.271 e. The molecule has 1 N–H and O–H groups in total. The summed E-state index contributed by atoms with van der Waals surface area (Å²) in [5.41, 5.74) is 1.13. The van der Waals surface area contributed by atoms with Crippen molar-refractivity contribution in [2.75, 3.05) is 18.1 Å². The Morgan fingerprint density at radius 2 is 2.30 bits per heavy atom. The van der Waals surface area contributed by atoms with E-state index < -0.39 is 4.92 Å². The second-order valence-electron chi connectivity index (χ2n) is 4.83. The summed E-state index contributed by atoms with van der Waals surface area (Å²) in [7, 11) is 0. The second-order valence-corrected chi connectivity index (χ2v) is 4.83. The zero-order chi connectivity index (χ0) is 14.1. The molecule has 1 aliphatic rings.